The molecule has 0 atom stereocenters. The Labute approximate surface area is 327 Å². The minimum Gasteiger partial charge on any atom is -0.208 e. The molecule has 0 aliphatic heterocycles. The second-order valence-electron chi connectivity index (χ2n) is 15.5. The first-order valence-corrected chi connectivity index (χ1v) is 20.0. The lowest BCUT2D eigenvalue weighted by molar-refractivity contribution is 0.660. The third-order valence-corrected chi connectivity index (χ3v) is 13.3. The molecule has 2 heterocycles. The van der Waals surface area contributed by atoms with Crippen molar-refractivity contribution >= 4 is 63.8 Å². The Hall–Kier alpha value is -6.75. The lowest BCUT2D eigenvalue weighted by Crippen LogP contribution is -2.15. The maximum atomic E-state index is 5.34. The molecule has 9 aromatic carbocycles. The summed E-state index contributed by atoms with van der Waals surface area (Å²) in [6, 6.07) is 59.4. The van der Waals surface area contributed by atoms with Crippen molar-refractivity contribution in [1.82, 2.24) is 15.0 Å². The molecule has 1 aliphatic rings. The van der Waals surface area contributed by atoms with E-state index in [0.717, 1.165) is 16.7 Å². The third-order valence-electron chi connectivity index (χ3n) is 12.1. The van der Waals surface area contributed by atoms with E-state index in [1.165, 1.54) is 85.9 Å². The number of hydrogen-bond acceptors (Lipinski definition) is 4. The zero-order chi connectivity index (χ0) is 37.1. The molecule has 2 aromatic heterocycles. The minimum atomic E-state index is -0.235. The van der Waals surface area contributed by atoms with E-state index >= 15 is 0 Å². The highest BCUT2D eigenvalue weighted by Gasteiger charge is 2.38. The van der Waals surface area contributed by atoms with E-state index in [4.69, 9.17) is 15.0 Å². The molecule has 0 saturated carbocycles. The summed E-state index contributed by atoms with van der Waals surface area (Å²) in [6.07, 6.45) is 0. The molecule has 0 fully saturated rings. The van der Waals surface area contributed by atoms with Crippen molar-refractivity contribution in [1.29, 1.82) is 0 Å². The summed E-state index contributed by atoms with van der Waals surface area (Å²) >= 11 is 1.80. The summed E-state index contributed by atoms with van der Waals surface area (Å²) in [5.74, 6) is 2.04. The highest BCUT2D eigenvalue weighted by atomic mass is 32.1. The molecule has 0 saturated heterocycles. The normalized spacial score (nSPS) is 13.3. The molecular formula is C52H33N3S. The van der Waals surface area contributed by atoms with Gasteiger partial charge in [0.15, 0.2) is 17.5 Å². The van der Waals surface area contributed by atoms with Crippen LogP contribution in [-0.2, 0) is 5.41 Å². The van der Waals surface area contributed by atoms with Crippen LogP contribution in [0.1, 0.15) is 25.0 Å². The number of benzene rings is 9. The molecule has 12 rings (SSSR count). The summed E-state index contributed by atoms with van der Waals surface area (Å²) in [7, 11) is 0. The zero-order valence-electron chi connectivity index (χ0n) is 30.8. The van der Waals surface area contributed by atoms with Crippen LogP contribution < -0.4 is 0 Å². The van der Waals surface area contributed by atoms with Gasteiger partial charge in [-0.2, -0.15) is 0 Å². The fourth-order valence-corrected chi connectivity index (χ4v) is 10.6. The molecule has 0 spiro atoms. The van der Waals surface area contributed by atoms with Crippen molar-refractivity contribution in [3.8, 4) is 56.4 Å². The number of aromatic nitrogens is 3. The SMILES string of the molecule is CC1(C)c2cc(-c3ccc4ccc5cccc6ccc3c4c56)ccc2-c2c(-c3nc(-c4ccccc4)nc(-c4cccc5c4sc4ccccc45)n3)cccc21. The summed E-state index contributed by atoms with van der Waals surface area (Å²) < 4.78 is 2.45. The van der Waals surface area contributed by atoms with Crippen molar-refractivity contribution < 1.29 is 0 Å². The number of hydrogen-bond donors (Lipinski definition) is 0. The third kappa shape index (κ3) is 4.48. The second-order valence-corrected chi connectivity index (χ2v) is 16.6. The molecule has 4 heteroatoms. The molecule has 1 aliphatic carbocycles. The quantitative estimate of drug-likeness (QED) is 0.169. The first kappa shape index (κ1) is 31.6. The van der Waals surface area contributed by atoms with Gasteiger partial charge in [-0.25, -0.2) is 15.0 Å². The molecule has 3 nitrogen and oxygen atoms in total. The van der Waals surface area contributed by atoms with Crippen LogP contribution in [0.5, 0.6) is 0 Å². The maximum Gasteiger partial charge on any atom is 0.165 e. The van der Waals surface area contributed by atoms with Gasteiger partial charge in [-0.15, -0.1) is 11.3 Å². The number of thiophene rings is 1. The van der Waals surface area contributed by atoms with Gasteiger partial charge in [-0.05, 0) is 83.9 Å². The summed E-state index contributed by atoms with van der Waals surface area (Å²) in [5.41, 5.74) is 10.3. The van der Waals surface area contributed by atoms with Crippen LogP contribution in [-0.4, -0.2) is 15.0 Å². The van der Waals surface area contributed by atoms with E-state index in [-0.39, 0.29) is 5.41 Å². The van der Waals surface area contributed by atoms with Crippen LogP contribution in [0.25, 0.3) is 109 Å². The Bertz CT molecular complexity index is 3380. The van der Waals surface area contributed by atoms with E-state index in [1.807, 2.05) is 18.2 Å². The van der Waals surface area contributed by atoms with Gasteiger partial charge in [-0.1, -0.05) is 159 Å². The van der Waals surface area contributed by atoms with Crippen LogP contribution in [0.3, 0.4) is 0 Å². The summed E-state index contributed by atoms with van der Waals surface area (Å²) in [6.45, 7) is 4.71. The second kappa shape index (κ2) is 11.6. The Kier molecular flexibility index (Phi) is 6.56. The minimum absolute atomic E-state index is 0.235. The molecular weight excluding hydrogens is 699 g/mol. The molecule has 0 unspecified atom stereocenters. The van der Waals surface area contributed by atoms with Gasteiger partial charge >= 0.3 is 0 Å². The van der Waals surface area contributed by atoms with E-state index in [1.54, 1.807) is 11.3 Å². The van der Waals surface area contributed by atoms with E-state index in [2.05, 4.69) is 159 Å². The lowest BCUT2D eigenvalue weighted by atomic mass is 9.81. The monoisotopic (exact) mass is 731 g/mol. The molecule has 0 amide bonds. The maximum absolute atomic E-state index is 5.34. The average Bonchev–Trinajstić information content (AvgIpc) is 3.74. The molecule has 0 radical (unpaired) electrons. The highest BCUT2D eigenvalue weighted by Crippen LogP contribution is 2.53. The van der Waals surface area contributed by atoms with Crippen molar-refractivity contribution in [2.45, 2.75) is 19.3 Å². The van der Waals surface area contributed by atoms with Crippen molar-refractivity contribution in [2.75, 3.05) is 0 Å². The molecule has 11 aromatic rings. The van der Waals surface area contributed by atoms with E-state index in [0.29, 0.717) is 17.5 Å². The van der Waals surface area contributed by atoms with Crippen LogP contribution in [0.2, 0.25) is 0 Å². The van der Waals surface area contributed by atoms with Gasteiger partial charge in [0, 0.05) is 42.3 Å². The van der Waals surface area contributed by atoms with Crippen molar-refractivity contribution in [2.24, 2.45) is 0 Å². The topological polar surface area (TPSA) is 38.7 Å². The van der Waals surface area contributed by atoms with E-state index < -0.39 is 0 Å². The van der Waals surface area contributed by atoms with Gasteiger partial charge in [0.1, 0.15) is 0 Å². The van der Waals surface area contributed by atoms with Crippen molar-refractivity contribution in [3.63, 3.8) is 0 Å². The molecule has 262 valence electrons. The molecule has 56 heavy (non-hydrogen) atoms. The number of nitrogens with zero attached hydrogens (tertiary/aromatic N) is 3. The fraction of sp³-hybridized carbons (Fsp3) is 0.0577. The smallest absolute Gasteiger partial charge is 0.165 e. The van der Waals surface area contributed by atoms with Crippen LogP contribution in [0.4, 0.5) is 0 Å². The van der Waals surface area contributed by atoms with Crippen LogP contribution in [0.15, 0.2) is 164 Å². The van der Waals surface area contributed by atoms with Crippen LogP contribution >= 0.6 is 11.3 Å². The predicted molar refractivity (Wildman–Crippen MR) is 236 cm³/mol. The van der Waals surface area contributed by atoms with Gasteiger partial charge in [0.25, 0.3) is 0 Å². The largest absolute Gasteiger partial charge is 0.208 e. The average molecular weight is 732 g/mol. The lowest BCUT2D eigenvalue weighted by Gasteiger charge is -2.22. The first-order valence-electron chi connectivity index (χ1n) is 19.2. The Morgan fingerprint density at radius 2 is 1.05 bits per heavy atom. The molecule has 0 bridgehead atoms. The van der Waals surface area contributed by atoms with Crippen molar-refractivity contribution in [3.05, 3.63) is 175 Å². The van der Waals surface area contributed by atoms with Crippen LogP contribution in [0, 0.1) is 0 Å². The molecule has 0 N–H and O–H groups in total. The Morgan fingerprint density at radius 3 is 1.91 bits per heavy atom. The summed E-state index contributed by atoms with van der Waals surface area (Å²) in [5, 5.41) is 10.3. The fourth-order valence-electron chi connectivity index (χ4n) is 9.39. The van der Waals surface area contributed by atoms with Gasteiger partial charge in [0.05, 0.1) is 0 Å². The van der Waals surface area contributed by atoms with Gasteiger partial charge < -0.3 is 0 Å². The van der Waals surface area contributed by atoms with Gasteiger partial charge in [-0.3, -0.25) is 0 Å². The Morgan fingerprint density at radius 1 is 0.411 bits per heavy atom. The summed E-state index contributed by atoms with van der Waals surface area (Å²) in [4.78, 5) is 15.8. The Balaban J connectivity index is 1.06. The first-order chi connectivity index (χ1) is 27.5. The van der Waals surface area contributed by atoms with E-state index in [9.17, 15) is 0 Å². The van der Waals surface area contributed by atoms with Gasteiger partial charge in [0.2, 0.25) is 0 Å². The zero-order valence-corrected chi connectivity index (χ0v) is 31.7. The predicted octanol–water partition coefficient (Wildman–Crippen LogP) is 14.1. The number of rotatable bonds is 4. The highest BCUT2D eigenvalue weighted by molar-refractivity contribution is 7.26. The number of fused-ring (bicyclic) bond motifs is 6. The standard InChI is InChI=1S/C52H33N3S/c1-52(2)42-19-10-17-40(47(42)39-28-25-34(29-43(39)52)35-26-23-32-22-21-30-13-8-14-31-24-27-37(35)46(32)45(30)31)50-53-49(33-11-4-3-5-12-33)54-51(55-50)41-18-9-16-38-36-15-6-7-20-44(36)56-48(38)41/h3-29H,1-2H3.